The van der Waals surface area contributed by atoms with Crippen molar-refractivity contribution < 1.29 is 13.2 Å². The fourth-order valence-corrected chi connectivity index (χ4v) is 4.52. The molecule has 0 aliphatic rings. The third-order valence-corrected chi connectivity index (χ3v) is 6.47. The van der Waals surface area contributed by atoms with Crippen LogP contribution >= 0.6 is 0 Å². The van der Waals surface area contributed by atoms with Gasteiger partial charge in [0.2, 0.25) is 0 Å². The fourth-order valence-electron chi connectivity index (χ4n) is 3.20. The van der Waals surface area contributed by atoms with Crippen molar-refractivity contribution >= 4 is 21.6 Å². The van der Waals surface area contributed by atoms with Gasteiger partial charge in [0.15, 0.2) is 0 Å². The van der Waals surface area contributed by atoms with Crippen LogP contribution < -0.4 is 10.0 Å². The molecule has 0 saturated heterocycles. The van der Waals surface area contributed by atoms with Crippen LogP contribution in [-0.2, 0) is 10.0 Å². The highest BCUT2D eigenvalue weighted by atomic mass is 32.2. The number of carbonyl (C=O) groups excluding carboxylic acids is 1. The zero-order valence-electron chi connectivity index (χ0n) is 17.3. The Morgan fingerprint density at radius 1 is 0.933 bits per heavy atom. The first kappa shape index (κ1) is 21.6. The third-order valence-electron chi connectivity index (χ3n) is 4.95. The minimum Gasteiger partial charge on any atom is -0.351 e. The SMILES string of the molecule is Cc1cccc(NS(=O)(=O)c2cc(C(=O)NC[C@H](C)c3ccccc3)ccc2C)c1. The van der Waals surface area contributed by atoms with Crippen molar-refractivity contribution in [2.75, 3.05) is 11.3 Å². The van der Waals surface area contributed by atoms with Crippen LogP contribution in [0, 0.1) is 13.8 Å². The molecule has 0 aliphatic carbocycles. The molecule has 1 amide bonds. The third kappa shape index (κ3) is 5.27. The van der Waals surface area contributed by atoms with E-state index in [0.29, 0.717) is 23.4 Å². The van der Waals surface area contributed by atoms with Crippen molar-refractivity contribution in [2.45, 2.75) is 31.6 Å². The highest BCUT2D eigenvalue weighted by molar-refractivity contribution is 7.92. The first-order chi connectivity index (χ1) is 14.3. The maximum Gasteiger partial charge on any atom is 0.262 e. The van der Waals surface area contributed by atoms with Gasteiger partial charge in [-0.2, -0.15) is 0 Å². The molecule has 0 aromatic heterocycles. The van der Waals surface area contributed by atoms with Gasteiger partial charge in [0.1, 0.15) is 0 Å². The average Bonchev–Trinajstić information content (AvgIpc) is 2.72. The van der Waals surface area contributed by atoms with E-state index in [9.17, 15) is 13.2 Å². The van der Waals surface area contributed by atoms with Gasteiger partial charge in [-0.15, -0.1) is 0 Å². The number of hydrogen-bond acceptors (Lipinski definition) is 3. The predicted molar refractivity (Wildman–Crippen MR) is 120 cm³/mol. The normalized spacial score (nSPS) is 12.2. The highest BCUT2D eigenvalue weighted by Crippen LogP contribution is 2.22. The van der Waals surface area contributed by atoms with Gasteiger partial charge in [-0.3, -0.25) is 9.52 Å². The summed E-state index contributed by atoms with van der Waals surface area (Å²) in [6.45, 7) is 6.10. The maximum atomic E-state index is 12.9. The number of anilines is 1. The van der Waals surface area contributed by atoms with Crippen LogP contribution in [0.3, 0.4) is 0 Å². The molecular formula is C24H26N2O3S. The number of benzene rings is 3. The Hall–Kier alpha value is -3.12. The van der Waals surface area contributed by atoms with Crippen molar-refractivity contribution in [3.63, 3.8) is 0 Å². The second-order valence-corrected chi connectivity index (χ2v) is 9.13. The summed E-state index contributed by atoms with van der Waals surface area (Å²) in [4.78, 5) is 12.7. The van der Waals surface area contributed by atoms with E-state index in [2.05, 4.69) is 10.0 Å². The van der Waals surface area contributed by atoms with Gasteiger partial charge in [0.25, 0.3) is 15.9 Å². The van der Waals surface area contributed by atoms with Crippen molar-refractivity contribution in [2.24, 2.45) is 0 Å². The predicted octanol–water partition coefficient (Wildman–Crippen LogP) is 4.64. The largest absolute Gasteiger partial charge is 0.351 e. The minimum atomic E-state index is -3.82. The van der Waals surface area contributed by atoms with Crippen LogP contribution in [0.15, 0.2) is 77.7 Å². The average molecular weight is 423 g/mol. The van der Waals surface area contributed by atoms with Crippen molar-refractivity contribution in [3.05, 3.63) is 95.1 Å². The monoisotopic (exact) mass is 422 g/mol. The molecular weight excluding hydrogens is 396 g/mol. The lowest BCUT2D eigenvalue weighted by Gasteiger charge is -2.15. The molecule has 30 heavy (non-hydrogen) atoms. The number of nitrogens with one attached hydrogen (secondary N) is 2. The summed E-state index contributed by atoms with van der Waals surface area (Å²) in [6.07, 6.45) is 0. The number of rotatable bonds is 7. The molecule has 3 rings (SSSR count). The Labute approximate surface area is 178 Å². The van der Waals surface area contributed by atoms with E-state index >= 15 is 0 Å². The van der Waals surface area contributed by atoms with Crippen molar-refractivity contribution in [1.29, 1.82) is 0 Å². The van der Waals surface area contributed by atoms with Gasteiger partial charge in [0, 0.05) is 17.8 Å². The summed E-state index contributed by atoms with van der Waals surface area (Å²) in [5.74, 6) is -0.156. The van der Waals surface area contributed by atoms with Crippen LogP contribution in [0.25, 0.3) is 0 Å². The first-order valence-corrected chi connectivity index (χ1v) is 11.3. The Balaban J connectivity index is 1.76. The van der Waals surface area contributed by atoms with E-state index in [1.165, 1.54) is 6.07 Å². The molecule has 0 radical (unpaired) electrons. The Kier molecular flexibility index (Phi) is 6.57. The molecule has 1 atom stereocenters. The van der Waals surface area contributed by atoms with E-state index < -0.39 is 10.0 Å². The molecule has 0 heterocycles. The molecule has 0 bridgehead atoms. The Morgan fingerprint density at radius 2 is 1.67 bits per heavy atom. The summed E-state index contributed by atoms with van der Waals surface area (Å²) >= 11 is 0. The van der Waals surface area contributed by atoms with E-state index in [0.717, 1.165) is 11.1 Å². The van der Waals surface area contributed by atoms with Gasteiger partial charge >= 0.3 is 0 Å². The topological polar surface area (TPSA) is 75.3 Å². The molecule has 156 valence electrons. The van der Waals surface area contributed by atoms with E-state index in [4.69, 9.17) is 0 Å². The first-order valence-electron chi connectivity index (χ1n) is 9.79. The summed E-state index contributed by atoms with van der Waals surface area (Å²) in [6, 6.07) is 21.8. The number of aryl methyl sites for hydroxylation is 2. The molecule has 0 fully saturated rings. The van der Waals surface area contributed by atoms with Crippen molar-refractivity contribution in [3.8, 4) is 0 Å². The van der Waals surface area contributed by atoms with E-state index in [1.807, 2.05) is 50.2 Å². The fraction of sp³-hybridized carbons (Fsp3) is 0.208. The number of sulfonamides is 1. The van der Waals surface area contributed by atoms with Gasteiger partial charge < -0.3 is 5.32 Å². The standard InChI is InChI=1S/C24H26N2O3S/c1-17-8-7-11-22(14-17)26-30(28,29)23-15-21(13-12-18(23)2)24(27)25-16-19(3)20-9-5-4-6-10-20/h4-15,19,26H,16H2,1-3H3,(H,25,27)/t19-/m0/s1. The summed E-state index contributed by atoms with van der Waals surface area (Å²) < 4.78 is 28.4. The van der Waals surface area contributed by atoms with Crippen molar-refractivity contribution in [1.82, 2.24) is 5.32 Å². The summed E-state index contributed by atoms with van der Waals surface area (Å²) in [7, 11) is -3.82. The zero-order valence-corrected chi connectivity index (χ0v) is 18.2. The molecule has 3 aromatic rings. The van der Waals surface area contributed by atoms with Crippen LogP contribution in [0.4, 0.5) is 5.69 Å². The van der Waals surface area contributed by atoms with Crippen LogP contribution in [0.2, 0.25) is 0 Å². The molecule has 0 unspecified atom stereocenters. The second-order valence-electron chi connectivity index (χ2n) is 7.48. The van der Waals surface area contributed by atoms with Gasteiger partial charge in [-0.25, -0.2) is 8.42 Å². The van der Waals surface area contributed by atoms with Crippen LogP contribution in [0.5, 0.6) is 0 Å². The lowest BCUT2D eigenvalue weighted by Crippen LogP contribution is -2.28. The molecule has 2 N–H and O–H groups in total. The smallest absolute Gasteiger partial charge is 0.262 e. The Bertz CT molecular complexity index is 1140. The summed E-state index contributed by atoms with van der Waals surface area (Å²) in [5.41, 5.74) is 3.45. The second kappa shape index (κ2) is 9.13. The Morgan fingerprint density at radius 3 is 2.37 bits per heavy atom. The molecule has 0 aliphatic heterocycles. The molecule has 3 aromatic carbocycles. The quantitative estimate of drug-likeness (QED) is 0.583. The van der Waals surface area contributed by atoms with E-state index in [1.54, 1.807) is 37.3 Å². The maximum absolute atomic E-state index is 12.9. The number of carbonyl (C=O) groups is 1. The highest BCUT2D eigenvalue weighted by Gasteiger charge is 2.20. The van der Waals surface area contributed by atoms with Gasteiger partial charge in [0.05, 0.1) is 4.90 Å². The van der Waals surface area contributed by atoms with Gasteiger partial charge in [-0.05, 0) is 60.7 Å². The molecule has 0 saturated carbocycles. The lowest BCUT2D eigenvalue weighted by atomic mass is 10.0. The molecule has 0 spiro atoms. The lowest BCUT2D eigenvalue weighted by molar-refractivity contribution is 0.0951. The zero-order chi connectivity index (χ0) is 21.7. The number of hydrogen-bond donors (Lipinski definition) is 2. The van der Waals surface area contributed by atoms with Crippen LogP contribution in [0.1, 0.15) is 39.9 Å². The molecule has 6 heteroatoms. The van der Waals surface area contributed by atoms with Crippen LogP contribution in [-0.4, -0.2) is 20.9 Å². The molecule has 5 nitrogen and oxygen atoms in total. The minimum absolute atomic E-state index is 0.0905. The van der Waals surface area contributed by atoms with Gasteiger partial charge in [-0.1, -0.05) is 55.5 Å². The van der Waals surface area contributed by atoms with E-state index in [-0.39, 0.29) is 16.7 Å². The number of amides is 1. The summed E-state index contributed by atoms with van der Waals surface area (Å²) in [5, 5.41) is 2.90.